The fraction of sp³-hybridized carbons (Fsp3) is 0.562. The van der Waals surface area contributed by atoms with Crippen LogP contribution in [0.1, 0.15) is 40.0 Å². The summed E-state index contributed by atoms with van der Waals surface area (Å²) in [6, 6.07) is -0.487. The fourth-order valence-electron chi connectivity index (χ4n) is 2.42. The third kappa shape index (κ3) is 4.50. The molecule has 2 heterocycles. The Bertz CT molecular complexity index is 639. The van der Waals surface area contributed by atoms with Crippen molar-refractivity contribution >= 4 is 35.1 Å². The number of halogens is 1. The van der Waals surface area contributed by atoms with Crippen molar-refractivity contribution in [3.05, 3.63) is 17.4 Å². The molecule has 2 amide bonds. The Hall–Kier alpha value is -2.02. The molecule has 1 fully saturated rings. The molecule has 0 spiro atoms. The van der Waals surface area contributed by atoms with Crippen molar-refractivity contribution in [2.24, 2.45) is 5.41 Å². The summed E-state index contributed by atoms with van der Waals surface area (Å²) in [6.45, 7) is 6.23. The Morgan fingerprint density at radius 3 is 2.58 bits per heavy atom. The monoisotopic (exact) mass is 351 g/mol. The average Bonchev–Trinajstić information content (AvgIpc) is 2.96. The molecule has 1 aromatic rings. The van der Waals surface area contributed by atoms with Crippen LogP contribution in [0.3, 0.4) is 0 Å². The SMILES string of the molecule is CC(C)(C)C(=N)CC(=O)NC(=O)C1CCCN1c1ncc(Cl)cn1. The van der Waals surface area contributed by atoms with E-state index in [0.29, 0.717) is 23.9 Å². The van der Waals surface area contributed by atoms with Crippen molar-refractivity contribution in [1.82, 2.24) is 15.3 Å². The Morgan fingerprint density at radius 1 is 1.38 bits per heavy atom. The van der Waals surface area contributed by atoms with Gasteiger partial charge in [0.15, 0.2) is 0 Å². The van der Waals surface area contributed by atoms with Gasteiger partial charge in [0.1, 0.15) is 6.04 Å². The first-order valence-corrected chi connectivity index (χ1v) is 8.22. The second kappa shape index (κ2) is 7.25. The van der Waals surface area contributed by atoms with E-state index in [9.17, 15) is 9.59 Å². The molecular weight excluding hydrogens is 330 g/mol. The van der Waals surface area contributed by atoms with Crippen LogP contribution in [0, 0.1) is 10.8 Å². The van der Waals surface area contributed by atoms with Gasteiger partial charge in [-0.1, -0.05) is 32.4 Å². The quantitative estimate of drug-likeness (QED) is 0.810. The molecule has 1 aromatic heterocycles. The molecule has 1 aliphatic rings. The molecular formula is C16H22ClN5O2. The average molecular weight is 352 g/mol. The maximum atomic E-state index is 12.4. The molecule has 8 heteroatoms. The Balaban J connectivity index is 1.99. The van der Waals surface area contributed by atoms with E-state index in [1.54, 1.807) is 4.90 Å². The number of hydrogen-bond donors (Lipinski definition) is 2. The van der Waals surface area contributed by atoms with Crippen molar-refractivity contribution in [3.8, 4) is 0 Å². The van der Waals surface area contributed by atoms with Crippen LogP contribution in [0.25, 0.3) is 0 Å². The minimum absolute atomic E-state index is 0.0839. The minimum Gasteiger partial charge on any atom is -0.329 e. The maximum absolute atomic E-state index is 12.4. The number of imide groups is 1. The summed E-state index contributed by atoms with van der Waals surface area (Å²) in [5.41, 5.74) is -0.103. The molecule has 130 valence electrons. The molecule has 2 N–H and O–H groups in total. The smallest absolute Gasteiger partial charge is 0.249 e. The van der Waals surface area contributed by atoms with Gasteiger partial charge in [0.05, 0.1) is 23.8 Å². The number of nitrogens with zero attached hydrogens (tertiary/aromatic N) is 3. The molecule has 2 rings (SSSR count). The zero-order valence-corrected chi connectivity index (χ0v) is 14.9. The highest BCUT2D eigenvalue weighted by Crippen LogP contribution is 2.23. The summed E-state index contributed by atoms with van der Waals surface area (Å²) in [5, 5.41) is 10.7. The lowest BCUT2D eigenvalue weighted by molar-refractivity contribution is -0.130. The second-order valence-electron chi connectivity index (χ2n) is 6.87. The van der Waals surface area contributed by atoms with Gasteiger partial charge in [-0.15, -0.1) is 0 Å². The van der Waals surface area contributed by atoms with Crippen molar-refractivity contribution in [2.75, 3.05) is 11.4 Å². The fourth-order valence-corrected chi connectivity index (χ4v) is 2.52. The van der Waals surface area contributed by atoms with E-state index in [2.05, 4.69) is 15.3 Å². The molecule has 1 unspecified atom stereocenters. The predicted molar refractivity (Wildman–Crippen MR) is 92.4 cm³/mol. The van der Waals surface area contributed by atoms with Gasteiger partial charge < -0.3 is 10.3 Å². The van der Waals surface area contributed by atoms with Gasteiger partial charge in [0, 0.05) is 17.7 Å². The van der Waals surface area contributed by atoms with Crippen LogP contribution in [-0.4, -0.2) is 40.1 Å². The van der Waals surface area contributed by atoms with Gasteiger partial charge in [-0.25, -0.2) is 9.97 Å². The van der Waals surface area contributed by atoms with Crippen LogP contribution >= 0.6 is 11.6 Å². The number of carbonyl (C=O) groups is 2. The molecule has 1 atom stereocenters. The number of amides is 2. The first-order valence-electron chi connectivity index (χ1n) is 7.84. The van der Waals surface area contributed by atoms with Gasteiger partial charge in [0.25, 0.3) is 0 Å². The van der Waals surface area contributed by atoms with E-state index in [4.69, 9.17) is 17.0 Å². The number of nitrogens with one attached hydrogen (secondary N) is 2. The summed E-state index contributed by atoms with van der Waals surface area (Å²) in [6.07, 6.45) is 4.32. The molecule has 0 aliphatic carbocycles. The van der Waals surface area contributed by atoms with Crippen molar-refractivity contribution in [2.45, 2.75) is 46.1 Å². The van der Waals surface area contributed by atoms with E-state index in [0.717, 1.165) is 6.42 Å². The third-order valence-corrected chi connectivity index (χ3v) is 4.12. The molecule has 1 saturated heterocycles. The molecule has 0 radical (unpaired) electrons. The van der Waals surface area contributed by atoms with E-state index >= 15 is 0 Å². The first-order chi connectivity index (χ1) is 11.2. The molecule has 7 nitrogen and oxygen atoms in total. The van der Waals surface area contributed by atoms with E-state index in [1.807, 2.05) is 20.8 Å². The van der Waals surface area contributed by atoms with Crippen LogP contribution in [0.2, 0.25) is 5.02 Å². The lowest BCUT2D eigenvalue weighted by Crippen LogP contribution is -2.46. The van der Waals surface area contributed by atoms with E-state index < -0.39 is 17.4 Å². The maximum Gasteiger partial charge on any atom is 0.249 e. The third-order valence-electron chi connectivity index (χ3n) is 3.92. The summed E-state index contributed by atoms with van der Waals surface area (Å²) in [4.78, 5) is 34.5. The van der Waals surface area contributed by atoms with E-state index in [1.165, 1.54) is 12.4 Å². The van der Waals surface area contributed by atoms with Crippen molar-refractivity contribution < 1.29 is 9.59 Å². The summed E-state index contributed by atoms with van der Waals surface area (Å²) in [5.74, 6) is -0.409. The van der Waals surface area contributed by atoms with Gasteiger partial charge in [0.2, 0.25) is 17.8 Å². The van der Waals surface area contributed by atoms with Crippen LogP contribution in [0.5, 0.6) is 0 Å². The highest BCUT2D eigenvalue weighted by atomic mass is 35.5. The Kier molecular flexibility index (Phi) is 5.54. The zero-order chi connectivity index (χ0) is 17.9. The normalized spacial score (nSPS) is 17.7. The number of carbonyl (C=O) groups excluding carboxylic acids is 2. The van der Waals surface area contributed by atoms with E-state index in [-0.39, 0.29) is 18.0 Å². The van der Waals surface area contributed by atoms with Crippen LogP contribution < -0.4 is 10.2 Å². The largest absolute Gasteiger partial charge is 0.329 e. The number of hydrogen-bond acceptors (Lipinski definition) is 6. The minimum atomic E-state index is -0.487. The van der Waals surface area contributed by atoms with Crippen LogP contribution in [-0.2, 0) is 9.59 Å². The molecule has 24 heavy (non-hydrogen) atoms. The zero-order valence-electron chi connectivity index (χ0n) is 14.1. The Labute approximate surface area is 146 Å². The Morgan fingerprint density at radius 2 is 2.00 bits per heavy atom. The standard InChI is InChI=1S/C16H22ClN5O2/c1-16(2,3)12(18)7-13(23)21-14(24)11-5-4-6-22(11)15-19-8-10(17)9-20-15/h8-9,11,18H,4-7H2,1-3H3,(H,21,23,24). The topological polar surface area (TPSA) is 99.0 Å². The highest BCUT2D eigenvalue weighted by molar-refractivity contribution is 6.30. The van der Waals surface area contributed by atoms with Gasteiger partial charge in [-0.2, -0.15) is 0 Å². The number of aromatic nitrogens is 2. The summed E-state index contributed by atoms with van der Waals surface area (Å²) in [7, 11) is 0. The van der Waals surface area contributed by atoms with Crippen LogP contribution in [0.4, 0.5) is 5.95 Å². The van der Waals surface area contributed by atoms with Crippen molar-refractivity contribution in [3.63, 3.8) is 0 Å². The lowest BCUT2D eigenvalue weighted by atomic mass is 9.88. The van der Waals surface area contributed by atoms with Gasteiger partial charge in [-0.05, 0) is 12.8 Å². The predicted octanol–water partition coefficient (Wildman–Crippen LogP) is 2.20. The van der Waals surface area contributed by atoms with Gasteiger partial charge in [-0.3, -0.25) is 14.9 Å². The summed E-state index contributed by atoms with van der Waals surface area (Å²) < 4.78 is 0. The molecule has 0 saturated carbocycles. The molecule has 0 bridgehead atoms. The molecule has 0 aromatic carbocycles. The van der Waals surface area contributed by atoms with Crippen LogP contribution in [0.15, 0.2) is 12.4 Å². The lowest BCUT2D eigenvalue weighted by Gasteiger charge is -2.24. The number of anilines is 1. The first kappa shape index (κ1) is 18.3. The van der Waals surface area contributed by atoms with Crippen molar-refractivity contribution in [1.29, 1.82) is 5.41 Å². The highest BCUT2D eigenvalue weighted by Gasteiger charge is 2.33. The number of rotatable bonds is 4. The van der Waals surface area contributed by atoms with Gasteiger partial charge >= 0.3 is 0 Å². The summed E-state index contributed by atoms with van der Waals surface area (Å²) >= 11 is 5.78. The molecule has 1 aliphatic heterocycles. The second-order valence-corrected chi connectivity index (χ2v) is 7.31.